The summed E-state index contributed by atoms with van der Waals surface area (Å²) in [6, 6.07) is 0. The van der Waals surface area contributed by atoms with Crippen LogP contribution in [-0.4, -0.2) is 23.9 Å². The fourth-order valence-corrected chi connectivity index (χ4v) is 0. The monoisotopic (exact) mass is 431 g/mol. The fourth-order valence-electron chi connectivity index (χ4n) is 0. The van der Waals surface area contributed by atoms with E-state index in [4.69, 9.17) is 0 Å². The van der Waals surface area contributed by atoms with Gasteiger partial charge in [0.05, 0.1) is 0 Å². The molecule has 37 valence electrons. The van der Waals surface area contributed by atoms with Crippen LogP contribution in [0.2, 0.25) is 0 Å². The minimum atomic E-state index is 0. The van der Waals surface area contributed by atoms with E-state index < -0.39 is 0 Å². The van der Waals surface area contributed by atoms with Gasteiger partial charge in [0.2, 0.25) is 0 Å². The van der Waals surface area contributed by atoms with Gasteiger partial charge < -0.3 is 0 Å². The summed E-state index contributed by atoms with van der Waals surface area (Å²) in [5, 5.41) is 0. The van der Waals surface area contributed by atoms with Gasteiger partial charge in [0.15, 0.2) is 0 Å². The average molecular weight is 430 g/mol. The Bertz CT molecular complexity index is 13.5. The van der Waals surface area contributed by atoms with Crippen molar-refractivity contribution >= 4 is 50.9 Å². The van der Waals surface area contributed by atoms with Crippen molar-refractivity contribution in [2.24, 2.45) is 0 Å². The molecule has 0 amide bonds. The standard InChI is InChI=1S/Cd.Cu.2H2S.Sn.Zn.2H/h;;2*1H2;;;;. The Morgan fingerprint density at radius 3 is 0.833 bits per heavy atom. The van der Waals surface area contributed by atoms with Gasteiger partial charge in [-0.05, 0) is 0 Å². The molecule has 0 aromatic rings. The molecule has 0 rings (SSSR count). The van der Waals surface area contributed by atoms with Gasteiger partial charge in [-0.25, -0.2) is 0 Å². The van der Waals surface area contributed by atoms with Crippen molar-refractivity contribution in [1.82, 2.24) is 0 Å². The third-order valence-electron chi connectivity index (χ3n) is 0. The molecule has 6 heavy (non-hydrogen) atoms. The summed E-state index contributed by atoms with van der Waals surface area (Å²) in [6.45, 7) is 0. The zero-order valence-electron chi connectivity index (χ0n) is 3.42. The molecule has 0 aromatic carbocycles. The molecule has 0 aliphatic carbocycles. The van der Waals surface area contributed by atoms with Gasteiger partial charge in [0, 0.05) is 63.8 Å². The first-order valence-corrected chi connectivity index (χ1v) is 0. The van der Waals surface area contributed by atoms with Crippen molar-refractivity contribution in [1.29, 1.82) is 0 Å². The van der Waals surface area contributed by atoms with Gasteiger partial charge in [0.25, 0.3) is 0 Å². The van der Waals surface area contributed by atoms with E-state index in [1.54, 1.807) is 0 Å². The van der Waals surface area contributed by atoms with Crippen molar-refractivity contribution in [3.05, 3.63) is 0 Å². The molecule has 0 atom stereocenters. The van der Waals surface area contributed by atoms with Crippen LogP contribution in [0.15, 0.2) is 0 Å². The Morgan fingerprint density at radius 2 is 0.833 bits per heavy atom. The summed E-state index contributed by atoms with van der Waals surface area (Å²) < 4.78 is 0. The molecule has 0 aliphatic rings. The maximum atomic E-state index is 0. The second-order valence-electron chi connectivity index (χ2n) is 0. The summed E-state index contributed by atoms with van der Waals surface area (Å²) in [5.74, 6) is 0. The SMILES string of the molecule is S.S.[Cd].[Cu].[SnH2].[Zn]. The third kappa shape index (κ3) is 25.7. The van der Waals surface area contributed by atoms with Crippen molar-refractivity contribution < 1.29 is 63.8 Å². The summed E-state index contributed by atoms with van der Waals surface area (Å²) in [5.41, 5.74) is 0. The van der Waals surface area contributed by atoms with Gasteiger partial charge in [-0.3, -0.25) is 0 Å². The molecule has 0 saturated carbocycles. The zero-order chi connectivity index (χ0) is 0. The summed E-state index contributed by atoms with van der Waals surface area (Å²) in [4.78, 5) is 0. The Hall–Kier alpha value is 3.56. The largest absolute Gasteiger partial charge is 0 e. The molecule has 0 fully saturated rings. The Labute approximate surface area is 113 Å². The van der Waals surface area contributed by atoms with Crippen molar-refractivity contribution in [3.63, 3.8) is 0 Å². The van der Waals surface area contributed by atoms with Crippen LogP contribution >= 0.6 is 27.0 Å². The predicted molar refractivity (Wildman–Crippen MR) is 29.3 cm³/mol. The molecule has 0 spiro atoms. The quantitative estimate of drug-likeness (QED) is 0.447. The van der Waals surface area contributed by atoms with Crippen molar-refractivity contribution in [3.8, 4) is 0 Å². The number of hydrogen-bond donors (Lipinski definition) is 0. The molecule has 0 heterocycles. The van der Waals surface area contributed by atoms with E-state index in [1.165, 1.54) is 0 Å². The molecule has 0 aliphatic heterocycles. The first-order chi connectivity index (χ1) is 0. The van der Waals surface area contributed by atoms with E-state index in [0.29, 0.717) is 0 Å². The first kappa shape index (κ1) is 55.2. The zero-order valence-corrected chi connectivity index (χ0v) is 17.4. The molecule has 0 N–H and O–H groups in total. The molecule has 0 bridgehead atoms. The number of hydrogen-bond acceptors (Lipinski definition) is 0. The molecule has 0 saturated heterocycles. The second-order valence-corrected chi connectivity index (χ2v) is 0. The van der Waals surface area contributed by atoms with Crippen LogP contribution < -0.4 is 0 Å². The van der Waals surface area contributed by atoms with Crippen molar-refractivity contribution in [2.75, 3.05) is 0 Å². The number of rotatable bonds is 0. The average Bonchev–Trinajstić information content (AvgIpc) is 0. The van der Waals surface area contributed by atoms with Gasteiger partial charge in [-0.15, -0.1) is 0 Å². The van der Waals surface area contributed by atoms with Crippen LogP contribution in [0.4, 0.5) is 0 Å². The topological polar surface area (TPSA) is 0 Å². The van der Waals surface area contributed by atoms with E-state index >= 15 is 0 Å². The Morgan fingerprint density at radius 1 is 0.833 bits per heavy atom. The normalized spacial score (nSPS) is 0. The van der Waals surface area contributed by atoms with Gasteiger partial charge in [0.1, 0.15) is 0 Å². The maximum Gasteiger partial charge on any atom is 0 e. The molecule has 0 aromatic heterocycles. The summed E-state index contributed by atoms with van der Waals surface area (Å²) in [6.07, 6.45) is 0. The Kier molecular flexibility index (Phi) is 355. The third-order valence-corrected chi connectivity index (χ3v) is 0. The van der Waals surface area contributed by atoms with Crippen LogP contribution in [0.3, 0.4) is 0 Å². The molecule has 0 nitrogen and oxygen atoms in total. The van der Waals surface area contributed by atoms with Gasteiger partial charge in [-0.1, -0.05) is 0 Å². The molecule has 0 unspecified atom stereocenters. The minimum Gasteiger partial charge on any atom is 0 e. The van der Waals surface area contributed by atoms with E-state index in [2.05, 4.69) is 0 Å². The summed E-state index contributed by atoms with van der Waals surface area (Å²) in [7, 11) is 0. The first-order valence-electron chi connectivity index (χ1n) is 0. The van der Waals surface area contributed by atoms with Crippen LogP contribution in [0.5, 0.6) is 0 Å². The molecular formula is H6CdCuS2SnZn. The van der Waals surface area contributed by atoms with E-state index in [-0.39, 0.29) is 115 Å². The van der Waals surface area contributed by atoms with E-state index in [9.17, 15) is 0 Å². The van der Waals surface area contributed by atoms with Crippen LogP contribution in [0.1, 0.15) is 0 Å². The van der Waals surface area contributed by atoms with E-state index in [1.807, 2.05) is 0 Å². The minimum absolute atomic E-state index is 0. The van der Waals surface area contributed by atoms with Crippen LogP contribution in [0.25, 0.3) is 0 Å². The summed E-state index contributed by atoms with van der Waals surface area (Å²) >= 11 is 0. The predicted octanol–water partition coefficient (Wildman–Crippen LogP) is -0.698. The fraction of sp³-hybridized carbons (Fsp3) is 0. The van der Waals surface area contributed by atoms with Gasteiger partial charge >= 0.3 is 23.9 Å². The molecular weight excluding hydrogens is 424 g/mol. The van der Waals surface area contributed by atoms with Crippen LogP contribution in [-0.2, 0) is 63.8 Å². The maximum absolute atomic E-state index is 0. The second kappa shape index (κ2) is 38.6. The smallest absolute Gasteiger partial charge is 0 e. The van der Waals surface area contributed by atoms with Crippen molar-refractivity contribution in [2.45, 2.75) is 0 Å². The van der Waals surface area contributed by atoms with Gasteiger partial charge in [-0.2, -0.15) is 27.0 Å². The van der Waals surface area contributed by atoms with E-state index in [0.717, 1.165) is 0 Å². The van der Waals surface area contributed by atoms with Crippen LogP contribution in [0, 0.1) is 0 Å². The molecule has 3 radical (unpaired) electrons. The molecule has 6 heteroatoms. The Balaban J connectivity index is 0.